The van der Waals surface area contributed by atoms with Crippen LogP contribution in [-0.2, 0) is 25.9 Å². The number of benzene rings is 2. The Morgan fingerprint density at radius 1 is 0.963 bits per heavy atom. The lowest BCUT2D eigenvalue weighted by molar-refractivity contribution is 0.0696. The van der Waals surface area contributed by atoms with Gasteiger partial charge in [0.2, 0.25) is 0 Å². The molecule has 5 heteroatoms. The van der Waals surface area contributed by atoms with Crippen molar-refractivity contribution < 1.29 is 9.90 Å². The Hall–Kier alpha value is -2.92. The molecule has 0 aliphatic carbocycles. The van der Waals surface area contributed by atoms with Crippen molar-refractivity contribution in [2.75, 3.05) is 13.1 Å². The number of aromatic nitrogens is 2. The van der Waals surface area contributed by atoms with Crippen LogP contribution in [0.1, 0.15) is 32.6 Å². The van der Waals surface area contributed by atoms with Gasteiger partial charge in [0, 0.05) is 31.4 Å². The molecule has 1 aliphatic heterocycles. The summed E-state index contributed by atoms with van der Waals surface area (Å²) in [6.07, 6.45) is 5.90. The van der Waals surface area contributed by atoms with Crippen LogP contribution >= 0.6 is 0 Å². The van der Waals surface area contributed by atoms with Crippen LogP contribution in [-0.4, -0.2) is 38.8 Å². The molecule has 5 nitrogen and oxygen atoms in total. The molecule has 0 spiro atoms. The van der Waals surface area contributed by atoms with Gasteiger partial charge in [-0.15, -0.1) is 0 Å². The third-order valence-corrected chi connectivity index (χ3v) is 5.13. The predicted molar refractivity (Wildman–Crippen MR) is 104 cm³/mol. The molecule has 4 rings (SSSR count). The summed E-state index contributed by atoms with van der Waals surface area (Å²) in [5.41, 5.74) is 5.26. The molecule has 138 valence electrons. The van der Waals surface area contributed by atoms with Gasteiger partial charge in [0.1, 0.15) is 0 Å². The summed E-state index contributed by atoms with van der Waals surface area (Å²) < 4.78 is 1.98. The Labute approximate surface area is 158 Å². The highest BCUT2D eigenvalue weighted by atomic mass is 16.4. The number of rotatable bonds is 5. The van der Waals surface area contributed by atoms with Crippen LogP contribution in [0.15, 0.2) is 60.9 Å². The second-order valence-corrected chi connectivity index (χ2v) is 7.10. The minimum absolute atomic E-state index is 0.379. The van der Waals surface area contributed by atoms with Crippen LogP contribution in [0.4, 0.5) is 0 Å². The van der Waals surface area contributed by atoms with E-state index in [1.807, 2.05) is 41.2 Å². The summed E-state index contributed by atoms with van der Waals surface area (Å²) >= 11 is 0. The van der Waals surface area contributed by atoms with Crippen LogP contribution < -0.4 is 0 Å². The highest BCUT2D eigenvalue weighted by molar-refractivity contribution is 5.87. The first kappa shape index (κ1) is 17.5. The van der Waals surface area contributed by atoms with Gasteiger partial charge >= 0.3 is 5.97 Å². The summed E-state index contributed by atoms with van der Waals surface area (Å²) in [6, 6.07) is 15.9. The summed E-state index contributed by atoms with van der Waals surface area (Å²) in [4.78, 5) is 13.6. The number of carbonyl (C=O) groups is 1. The predicted octanol–water partition coefficient (Wildman–Crippen LogP) is 3.23. The Balaban J connectivity index is 1.39. The van der Waals surface area contributed by atoms with Crippen molar-refractivity contribution >= 4 is 5.97 Å². The average Bonchev–Trinajstić information content (AvgIpc) is 3.01. The van der Waals surface area contributed by atoms with E-state index < -0.39 is 5.97 Å². The van der Waals surface area contributed by atoms with Gasteiger partial charge in [0.25, 0.3) is 0 Å². The molecule has 0 atom stereocenters. The fraction of sp³-hybridized carbons (Fsp3) is 0.273. The molecule has 1 N–H and O–H groups in total. The van der Waals surface area contributed by atoms with E-state index >= 15 is 0 Å². The zero-order chi connectivity index (χ0) is 18.6. The Morgan fingerprint density at radius 2 is 1.74 bits per heavy atom. The minimum atomic E-state index is -0.857. The van der Waals surface area contributed by atoms with Gasteiger partial charge in [-0.25, -0.2) is 4.79 Å². The molecule has 1 aliphatic rings. The van der Waals surface area contributed by atoms with Crippen molar-refractivity contribution in [2.45, 2.75) is 25.9 Å². The van der Waals surface area contributed by atoms with E-state index in [4.69, 9.17) is 0 Å². The number of aromatic carboxylic acids is 1. The summed E-state index contributed by atoms with van der Waals surface area (Å²) in [5.74, 6) is -0.857. The monoisotopic (exact) mass is 361 g/mol. The van der Waals surface area contributed by atoms with Gasteiger partial charge in [-0.3, -0.25) is 9.58 Å². The van der Waals surface area contributed by atoms with Gasteiger partial charge in [-0.2, -0.15) is 5.10 Å². The third kappa shape index (κ3) is 4.26. The average molecular weight is 361 g/mol. The number of hydrogen-bond donors (Lipinski definition) is 1. The Morgan fingerprint density at radius 3 is 2.52 bits per heavy atom. The second kappa shape index (κ2) is 7.76. The van der Waals surface area contributed by atoms with Gasteiger partial charge in [-0.05, 0) is 41.7 Å². The summed E-state index contributed by atoms with van der Waals surface area (Å²) in [7, 11) is 0. The molecule has 2 heterocycles. The van der Waals surface area contributed by atoms with Crippen molar-refractivity contribution in [3.63, 3.8) is 0 Å². The Kier molecular flexibility index (Phi) is 5.03. The number of fused-ring (bicyclic) bond motifs is 1. The molecule has 0 amide bonds. The number of nitrogens with zero attached hydrogens (tertiary/aromatic N) is 3. The minimum Gasteiger partial charge on any atom is -0.478 e. The van der Waals surface area contributed by atoms with Crippen molar-refractivity contribution in [1.29, 1.82) is 0 Å². The molecule has 0 fully saturated rings. The van der Waals surface area contributed by atoms with Crippen molar-refractivity contribution in [3.05, 3.63) is 88.7 Å². The van der Waals surface area contributed by atoms with Gasteiger partial charge in [0.15, 0.2) is 0 Å². The zero-order valence-electron chi connectivity index (χ0n) is 15.2. The molecule has 3 aromatic rings. The molecule has 0 radical (unpaired) electrons. The fourth-order valence-electron chi connectivity index (χ4n) is 3.67. The molecule has 0 unspecified atom stereocenters. The Bertz CT molecular complexity index is 934. The van der Waals surface area contributed by atoms with E-state index in [-0.39, 0.29) is 0 Å². The summed E-state index contributed by atoms with van der Waals surface area (Å²) in [5, 5.41) is 13.7. The first-order valence-corrected chi connectivity index (χ1v) is 9.30. The molecule has 0 bridgehead atoms. The molecule has 27 heavy (non-hydrogen) atoms. The number of hydrogen-bond acceptors (Lipinski definition) is 3. The summed E-state index contributed by atoms with van der Waals surface area (Å²) in [6.45, 7) is 3.56. The second-order valence-electron chi connectivity index (χ2n) is 7.10. The van der Waals surface area contributed by atoms with Crippen LogP contribution in [0.2, 0.25) is 0 Å². The quantitative estimate of drug-likeness (QED) is 0.758. The lowest BCUT2D eigenvalue weighted by Crippen LogP contribution is -2.25. The standard InChI is InChI=1S/C22H23N3O2/c26-22(27)21-7-6-19-8-10-24(11-9-20(19)12-21)14-18-13-23-25(16-18)15-17-4-2-1-3-5-17/h1-7,12-13,16H,8-11,14-15H2,(H,26,27). The third-order valence-electron chi connectivity index (χ3n) is 5.13. The molecular weight excluding hydrogens is 338 g/mol. The van der Waals surface area contributed by atoms with E-state index in [0.717, 1.165) is 44.6 Å². The first-order chi connectivity index (χ1) is 13.2. The van der Waals surface area contributed by atoms with Crippen molar-refractivity contribution in [2.24, 2.45) is 0 Å². The molecule has 2 aromatic carbocycles. The van der Waals surface area contributed by atoms with Crippen LogP contribution in [0, 0.1) is 0 Å². The van der Waals surface area contributed by atoms with E-state index in [2.05, 4.69) is 28.3 Å². The molecular formula is C22H23N3O2. The topological polar surface area (TPSA) is 58.4 Å². The maximum absolute atomic E-state index is 11.2. The maximum atomic E-state index is 11.2. The fourth-order valence-corrected chi connectivity index (χ4v) is 3.67. The van der Waals surface area contributed by atoms with Gasteiger partial charge in [0.05, 0.1) is 18.3 Å². The lowest BCUT2D eigenvalue weighted by atomic mass is 10.0. The first-order valence-electron chi connectivity index (χ1n) is 9.30. The maximum Gasteiger partial charge on any atom is 0.335 e. The highest BCUT2D eigenvalue weighted by Crippen LogP contribution is 2.19. The van der Waals surface area contributed by atoms with Gasteiger partial charge in [-0.1, -0.05) is 36.4 Å². The van der Waals surface area contributed by atoms with Crippen molar-refractivity contribution in [3.8, 4) is 0 Å². The van der Waals surface area contributed by atoms with Gasteiger partial charge < -0.3 is 5.11 Å². The normalized spacial score (nSPS) is 14.5. The van der Waals surface area contributed by atoms with Crippen LogP contribution in [0.5, 0.6) is 0 Å². The largest absolute Gasteiger partial charge is 0.478 e. The van der Waals surface area contributed by atoms with E-state index in [1.165, 1.54) is 16.7 Å². The number of carboxylic acids is 1. The SMILES string of the molecule is O=C(O)c1ccc2c(c1)CCN(Cc1cnn(Cc3ccccc3)c1)CC2. The van der Waals surface area contributed by atoms with E-state index in [0.29, 0.717) is 5.56 Å². The van der Waals surface area contributed by atoms with Crippen molar-refractivity contribution in [1.82, 2.24) is 14.7 Å². The van der Waals surface area contributed by atoms with Crippen LogP contribution in [0.25, 0.3) is 0 Å². The lowest BCUT2D eigenvalue weighted by Gasteiger charge is -2.18. The molecule has 0 saturated heterocycles. The number of carboxylic acid groups (broad SMARTS) is 1. The highest BCUT2D eigenvalue weighted by Gasteiger charge is 2.16. The smallest absolute Gasteiger partial charge is 0.335 e. The van der Waals surface area contributed by atoms with E-state index in [1.54, 1.807) is 6.07 Å². The molecule has 1 aromatic heterocycles. The zero-order valence-corrected chi connectivity index (χ0v) is 15.2. The molecule has 0 saturated carbocycles. The van der Waals surface area contributed by atoms with Crippen LogP contribution in [0.3, 0.4) is 0 Å². The van der Waals surface area contributed by atoms with E-state index in [9.17, 15) is 9.90 Å².